The molecular formula is C25H35NO3. The van der Waals surface area contributed by atoms with Gasteiger partial charge in [0.1, 0.15) is 17.9 Å². The van der Waals surface area contributed by atoms with Gasteiger partial charge >= 0.3 is 0 Å². The highest BCUT2D eigenvalue weighted by atomic mass is 16.5. The van der Waals surface area contributed by atoms with Crippen molar-refractivity contribution in [1.82, 2.24) is 0 Å². The van der Waals surface area contributed by atoms with Crippen molar-refractivity contribution in [1.29, 1.82) is 0 Å². The molecule has 2 rings (SSSR count). The summed E-state index contributed by atoms with van der Waals surface area (Å²) in [6.07, 6.45) is 0.893. The molecule has 0 spiro atoms. The molecule has 4 nitrogen and oxygen atoms in total. The van der Waals surface area contributed by atoms with Gasteiger partial charge < -0.3 is 14.9 Å². The fraction of sp³-hybridized carbons (Fsp3) is 0.480. The molecule has 0 aliphatic rings. The Bertz CT molecular complexity index is 830. The van der Waals surface area contributed by atoms with Gasteiger partial charge in [-0.15, -0.1) is 0 Å². The molecule has 0 radical (unpaired) electrons. The summed E-state index contributed by atoms with van der Waals surface area (Å²) < 4.78 is 5.14. The van der Waals surface area contributed by atoms with Crippen molar-refractivity contribution in [3.63, 3.8) is 0 Å². The molecule has 0 amide bonds. The lowest BCUT2D eigenvalue weighted by Gasteiger charge is -2.27. The van der Waals surface area contributed by atoms with Crippen molar-refractivity contribution in [2.45, 2.75) is 64.5 Å². The third-order valence-corrected chi connectivity index (χ3v) is 5.03. The lowest BCUT2D eigenvalue weighted by Crippen LogP contribution is -2.22. The van der Waals surface area contributed by atoms with Crippen LogP contribution in [0, 0.1) is 0 Å². The minimum absolute atomic E-state index is 0.0648. The second kappa shape index (κ2) is 9.10. The van der Waals surface area contributed by atoms with Gasteiger partial charge in [-0.25, -0.2) is 0 Å². The number of nitrogens with zero attached hydrogens (tertiary/aromatic N) is 1. The van der Waals surface area contributed by atoms with Gasteiger partial charge in [-0.05, 0) is 28.0 Å². The quantitative estimate of drug-likeness (QED) is 0.662. The van der Waals surface area contributed by atoms with Crippen molar-refractivity contribution >= 4 is 6.21 Å². The van der Waals surface area contributed by atoms with Crippen molar-refractivity contribution in [3.05, 3.63) is 64.7 Å². The first kappa shape index (κ1) is 23.1. The Hall–Kier alpha value is -2.17. The number of benzene rings is 2. The normalized spacial score (nSPS) is 14.9. The average molecular weight is 398 g/mol. The molecule has 0 aliphatic carbocycles. The molecule has 2 atom stereocenters. The molecule has 0 saturated carbocycles. The maximum atomic E-state index is 11.0. The van der Waals surface area contributed by atoms with Crippen LogP contribution >= 0.6 is 0 Å². The van der Waals surface area contributed by atoms with E-state index in [-0.39, 0.29) is 23.2 Å². The molecule has 2 aromatic carbocycles. The molecule has 0 aliphatic heterocycles. The van der Waals surface area contributed by atoms with Crippen LogP contribution in [0.4, 0.5) is 0 Å². The maximum absolute atomic E-state index is 11.0. The highest BCUT2D eigenvalue weighted by molar-refractivity contribution is 5.85. The second-order valence-corrected chi connectivity index (χ2v) is 9.62. The number of ether oxygens (including phenoxy) is 1. The van der Waals surface area contributed by atoms with Crippen LogP contribution in [0.2, 0.25) is 0 Å². The van der Waals surface area contributed by atoms with E-state index in [0.717, 1.165) is 16.7 Å². The second-order valence-electron chi connectivity index (χ2n) is 9.62. The van der Waals surface area contributed by atoms with Gasteiger partial charge in [0, 0.05) is 24.5 Å². The van der Waals surface area contributed by atoms with E-state index in [9.17, 15) is 10.2 Å². The number of methoxy groups -OCH3 is 1. The first-order valence-corrected chi connectivity index (χ1v) is 10.1. The molecule has 0 heterocycles. The summed E-state index contributed by atoms with van der Waals surface area (Å²) in [6, 6.07) is 13.2. The SMILES string of the molecule is COC[C@H](O)[C@H](N=Cc1cc(C(C)(C)C)cc(C(C)(C)C)c1O)c1ccccc1. The first-order valence-electron chi connectivity index (χ1n) is 10.1. The Morgan fingerprint density at radius 2 is 1.62 bits per heavy atom. The summed E-state index contributed by atoms with van der Waals surface area (Å²) in [5.41, 5.74) is 3.31. The molecule has 2 N–H and O–H groups in total. The van der Waals surface area contributed by atoms with E-state index >= 15 is 0 Å². The first-order chi connectivity index (χ1) is 13.4. The van der Waals surface area contributed by atoms with E-state index in [0.29, 0.717) is 5.56 Å². The number of phenols is 1. The van der Waals surface area contributed by atoms with Crippen LogP contribution in [-0.2, 0) is 15.6 Å². The molecule has 2 aromatic rings. The van der Waals surface area contributed by atoms with E-state index in [1.165, 1.54) is 0 Å². The van der Waals surface area contributed by atoms with Crippen LogP contribution in [0.25, 0.3) is 0 Å². The molecule has 0 aromatic heterocycles. The van der Waals surface area contributed by atoms with Crippen LogP contribution in [0.15, 0.2) is 47.5 Å². The number of aliphatic hydroxyl groups excluding tert-OH is 1. The standard InChI is InChI=1S/C25H35NO3/c1-24(2,3)19-13-18(23(28)20(14-19)25(4,5)6)15-26-22(21(27)16-29-7)17-11-9-8-10-12-17/h8-15,21-22,27-28H,16H2,1-7H3/t21-,22+/m0/s1. The third-order valence-electron chi connectivity index (χ3n) is 5.03. The predicted octanol–water partition coefficient (Wildman–Crippen LogP) is 5.15. The molecule has 4 heteroatoms. The van der Waals surface area contributed by atoms with Gasteiger partial charge in [-0.2, -0.15) is 0 Å². The fourth-order valence-corrected chi connectivity index (χ4v) is 3.24. The Kier molecular flexibility index (Phi) is 7.25. The third kappa shape index (κ3) is 5.91. The summed E-state index contributed by atoms with van der Waals surface area (Å²) in [6.45, 7) is 12.9. The van der Waals surface area contributed by atoms with E-state index in [2.05, 4.69) is 52.6 Å². The van der Waals surface area contributed by atoms with Crippen molar-refractivity contribution in [2.75, 3.05) is 13.7 Å². The number of rotatable bonds is 6. The van der Waals surface area contributed by atoms with Crippen molar-refractivity contribution < 1.29 is 14.9 Å². The molecular weight excluding hydrogens is 362 g/mol. The Morgan fingerprint density at radius 1 is 1.00 bits per heavy atom. The predicted molar refractivity (Wildman–Crippen MR) is 120 cm³/mol. The van der Waals surface area contributed by atoms with Gasteiger partial charge in [-0.1, -0.05) is 77.9 Å². The summed E-state index contributed by atoms with van der Waals surface area (Å²) in [7, 11) is 1.56. The fourth-order valence-electron chi connectivity index (χ4n) is 3.24. The van der Waals surface area contributed by atoms with E-state index in [1.54, 1.807) is 13.3 Å². The zero-order valence-corrected chi connectivity index (χ0v) is 18.7. The van der Waals surface area contributed by atoms with Crippen LogP contribution < -0.4 is 0 Å². The molecule has 158 valence electrons. The molecule has 0 saturated heterocycles. The molecule has 0 fully saturated rings. The zero-order valence-electron chi connectivity index (χ0n) is 18.7. The van der Waals surface area contributed by atoms with Gasteiger partial charge in [0.15, 0.2) is 0 Å². The largest absolute Gasteiger partial charge is 0.507 e. The number of aromatic hydroxyl groups is 1. The lowest BCUT2D eigenvalue weighted by atomic mass is 9.79. The van der Waals surface area contributed by atoms with Gasteiger partial charge in [0.2, 0.25) is 0 Å². The average Bonchev–Trinajstić information content (AvgIpc) is 2.62. The Balaban J connectivity index is 2.55. The van der Waals surface area contributed by atoms with Crippen molar-refractivity contribution in [2.24, 2.45) is 4.99 Å². The van der Waals surface area contributed by atoms with E-state index in [1.807, 2.05) is 36.4 Å². The summed E-state index contributed by atoms with van der Waals surface area (Å²) in [5, 5.41) is 21.5. The van der Waals surface area contributed by atoms with Gasteiger partial charge in [0.05, 0.1) is 6.61 Å². The highest BCUT2D eigenvalue weighted by Gasteiger charge is 2.25. The minimum Gasteiger partial charge on any atom is -0.507 e. The summed E-state index contributed by atoms with van der Waals surface area (Å²) in [4.78, 5) is 4.67. The van der Waals surface area contributed by atoms with Crippen LogP contribution in [-0.4, -0.2) is 36.2 Å². The van der Waals surface area contributed by atoms with E-state index < -0.39 is 12.1 Å². The summed E-state index contributed by atoms with van der Waals surface area (Å²) in [5.74, 6) is 0.238. The number of hydrogen-bond donors (Lipinski definition) is 2. The smallest absolute Gasteiger partial charge is 0.128 e. The number of aliphatic imine (C=N–C) groups is 1. The zero-order chi connectivity index (χ0) is 21.8. The monoisotopic (exact) mass is 397 g/mol. The molecule has 29 heavy (non-hydrogen) atoms. The number of aliphatic hydroxyl groups is 1. The number of phenolic OH excluding ortho intramolecular Hbond substituents is 1. The molecule has 0 bridgehead atoms. The maximum Gasteiger partial charge on any atom is 0.128 e. The topological polar surface area (TPSA) is 62.0 Å². The van der Waals surface area contributed by atoms with E-state index in [4.69, 9.17) is 4.74 Å². The minimum atomic E-state index is -0.784. The lowest BCUT2D eigenvalue weighted by molar-refractivity contribution is 0.0484. The van der Waals surface area contributed by atoms with Crippen LogP contribution in [0.5, 0.6) is 5.75 Å². The summed E-state index contributed by atoms with van der Waals surface area (Å²) >= 11 is 0. The van der Waals surface area contributed by atoms with Crippen LogP contribution in [0.3, 0.4) is 0 Å². The highest BCUT2D eigenvalue weighted by Crippen LogP contribution is 2.37. The van der Waals surface area contributed by atoms with Crippen LogP contribution in [0.1, 0.15) is 69.8 Å². The Morgan fingerprint density at radius 3 is 2.14 bits per heavy atom. The Labute approximate surface area is 175 Å². The number of hydrogen-bond acceptors (Lipinski definition) is 4. The van der Waals surface area contributed by atoms with Crippen molar-refractivity contribution in [3.8, 4) is 5.75 Å². The molecule has 0 unspecified atom stereocenters. The van der Waals surface area contributed by atoms with Gasteiger partial charge in [-0.3, -0.25) is 4.99 Å². The van der Waals surface area contributed by atoms with Gasteiger partial charge in [0.25, 0.3) is 0 Å².